The number of carbonyl (C=O) groups is 1. The van der Waals surface area contributed by atoms with Crippen molar-refractivity contribution >= 4 is 34.3 Å². The molecule has 0 aliphatic rings. The Morgan fingerprint density at radius 1 is 1.18 bits per heavy atom. The molecule has 1 amide bonds. The number of hydrogen-bond acceptors (Lipinski definition) is 2. The molecule has 4 heteroatoms. The summed E-state index contributed by atoms with van der Waals surface area (Å²) < 4.78 is 1.10. The summed E-state index contributed by atoms with van der Waals surface area (Å²) in [7, 11) is 0. The molecule has 2 aromatic rings. The third-order valence-electron chi connectivity index (χ3n) is 2.24. The van der Waals surface area contributed by atoms with E-state index in [2.05, 4.69) is 32.9 Å². The molecule has 0 radical (unpaired) electrons. The van der Waals surface area contributed by atoms with Crippen molar-refractivity contribution in [1.29, 1.82) is 0 Å². The van der Waals surface area contributed by atoms with E-state index in [9.17, 15) is 4.79 Å². The van der Waals surface area contributed by atoms with Gasteiger partial charge in [-0.05, 0) is 65.9 Å². The van der Waals surface area contributed by atoms with Crippen molar-refractivity contribution in [2.75, 3.05) is 5.32 Å². The maximum atomic E-state index is 11.9. The molecule has 1 aromatic heterocycles. The Morgan fingerprint density at radius 2 is 1.88 bits per heavy atom. The van der Waals surface area contributed by atoms with Crippen molar-refractivity contribution in [2.45, 2.75) is 6.92 Å². The fourth-order valence-electron chi connectivity index (χ4n) is 1.40. The van der Waals surface area contributed by atoms with E-state index >= 15 is 0 Å². The first-order valence-electron chi connectivity index (χ1n) is 5.16. The van der Waals surface area contributed by atoms with Crippen molar-refractivity contribution in [1.82, 2.24) is 4.98 Å². The smallest absolute Gasteiger partial charge is 0.256 e. The van der Waals surface area contributed by atoms with Crippen LogP contribution in [0, 0.1) is 10.5 Å². The van der Waals surface area contributed by atoms with Gasteiger partial charge in [0.1, 0.15) is 5.82 Å². The average Bonchev–Trinajstić information content (AvgIpc) is 2.29. The summed E-state index contributed by atoms with van der Waals surface area (Å²) in [5.41, 5.74) is 1.51. The van der Waals surface area contributed by atoms with Gasteiger partial charge in [-0.15, -0.1) is 0 Å². The Hall–Kier alpha value is -1.43. The third-order valence-corrected chi connectivity index (χ3v) is 2.96. The van der Waals surface area contributed by atoms with Crippen LogP contribution in [-0.4, -0.2) is 10.9 Å². The zero-order valence-corrected chi connectivity index (χ0v) is 11.4. The number of aromatic nitrogens is 1. The molecule has 0 aliphatic carbocycles. The monoisotopic (exact) mass is 338 g/mol. The van der Waals surface area contributed by atoms with E-state index in [1.807, 2.05) is 31.2 Å². The first kappa shape index (κ1) is 12.0. The molecule has 17 heavy (non-hydrogen) atoms. The van der Waals surface area contributed by atoms with Crippen molar-refractivity contribution in [3.8, 4) is 0 Å². The minimum Gasteiger partial charge on any atom is -0.307 e. The van der Waals surface area contributed by atoms with Crippen LogP contribution in [0.4, 0.5) is 5.82 Å². The molecule has 0 spiro atoms. The summed E-state index contributed by atoms with van der Waals surface area (Å²) in [5, 5.41) is 2.77. The number of amides is 1. The van der Waals surface area contributed by atoms with Gasteiger partial charge >= 0.3 is 0 Å². The number of benzene rings is 1. The highest BCUT2D eigenvalue weighted by atomic mass is 127. The van der Waals surface area contributed by atoms with Crippen molar-refractivity contribution in [3.63, 3.8) is 0 Å². The van der Waals surface area contributed by atoms with Crippen LogP contribution in [0.15, 0.2) is 42.5 Å². The van der Waals surface area contributed by atoms with Crippen LogP contribution in [-0.2, 0) is 0 Å². The van der Waals surface area contributed by atoms with Crippen LogP contribution in [0.1, 0.15) is 16.1 Å². The van der Waals surface area contributed by atoms with Gasteiger partial charge in [-0.25, -0.2) is 4.98 Å². The second-order valence-electron chi connectivity index (χ2n) is 3.63. The Kier molecular flexibility index (Phi) is 3.73. The molecule has 2 rings (SSSR count). The van der Waals surface area contributed by atoms with E-state index in [1.165, 1.54) is 0 Å². The number of hydrogen-bond donors (Lipinski definition) is 1. The summed E-state index contributed by atoms with van der Waals surface area (Å²) in [5.74, 6) is 0.438. The Labute approximate surface area is 113 Å². The molecule has 86 valence electrons. The number of halogens is 1. The number of aryl methyl sites for hydroxylation is 1. The van der Waals surface area contributed by atoms with Crippen molar-refractivity contribution in [3.05, 3.63) is 57.3 Å². The largest absolute Gasteiger partial charge is 0.307 e. The first-order chi connectivity index (χ1) is 8.15. The molecular weight excluding hydrogens is 327 g/mol. The quantitative estimate of drug-likeness (QED) is 0.854. The fourth-order valence-corrected chi connectivity index (χ4v) is 1.76. The Bertz CT molecular complexity index is 537. The lowest BCUT2D eigenvalue weighted by atomic mass is 10.2. The highest BCUT2D eigenvalue weighted by molar-refractivity contribution is 14.1. The van der Waals surface area contributed by atoms with Gasteiger partial charge in [0.2, 0.25) is 0 Å². The number of anilines is 1. The highest BCUT2D eigenvalue weighted by Crippen LogP contribution is 2.10. The number of nitrogens with one attached hydrogen (secondary N) is 1. The second-order valence-corrected chi connectivity index (χ2v) is 4.87. The van der Waals surface area contributed by atoms with E-state index in [1.54, 1.807) is 18.2 Å². The molecule has 0 saturated heterocycles. The SMILES string of the molecule is Cc1cccc(NC(=O)c2ccc(I)cc2)n1. The number of rotatable bonds is 2. The summed E-state index contributed by atoms with van der Waals surface area (Å²) in [6.45, 7) is 1.89. The average molecular weight is 338 g/mol. The van der Waals surface area contributed by atoms with Gasteiger partial charge in [0, 0.05) is 14.8 Å². The molecule has 0 bridgehead atoms. The summed E-state index contributed by atoms with van der Waals surface area (Å²) in [4.78, 5) is 16.1. The minimum absolute atomic E-state index is 0.139. The zero-order valence-electron chi connectivity index (χ0n) is 9.27. The standard InChI is InChI=1S/C13H11IN2O/c1-9-3-2-4-12(15-9)16-13(17)10-5-7-11(14)8-6-10/h2-8H,1H3,(H,15,16,17). The van der Waals surface area contributed by atoms with E-state index in [-0.39, 0.29) is 5.91 Å². The minimum atomic E-state index is -0.139. The van der Waals surface area contributed by atoms with Gasteiger partial charge in [0.05, 0.1) is 0 Å². The van der Waals surface area contributed by atoms with Gasteiger partial charge in [0.25, 0.3) is 5.91 Å². The van der Waals surface area contributed by atoms with Crippen LogP contribution < -0.4 is 5.32 Å². The predicted octanol–water partition coefficient (Wildman–Crippen LogP) is 3.25. The molecule has 0 saturated carbocycles. The van der Waals surface area contributed by atoms with Gasteiger partial charge < -0.3 is 5.32 Å². The van der Waals surface area contributed by atoms with Gasteiger partial charge in [-0.2, -0.15) is 0 Å². The molecule has 0 aliphatic heterocycles. The van der Waals surface area contributed by atoms with Crippen molar-refractivity contribution < 1.29 is 4.79 Å². The molecule has 0 fully saturated rings. The van der Waals surface area contributed by atoms with E-state index in [0.29, 0.717) is 11.4 Å². The van der Waals surface area contributed by atoms with Crippen molar-refractivity contribution in [2.24, 2.45) is 0 Å². The van der Waals surface area contributed by atoms with Gasteiger partial charge in [0.15, 0.2) is 0 Å². The second kappa shape index (κ2) is 5.27. The Morgan fingerprint density at radius 3 is 2.53 bits per heavy atom. The van der Waals surface area contributed by atoms with Crippen LogP contribution in [0.3, 0.4) is 0 Å². The molecule has 0 unspecified atom stereocenters. The highest BCUT2D eigenvalue weighted by Gasteiger charge is 2.06. The molecule has 1 N–H and O–H groups in total. The molecule has 1 aromatic carbocycles. The molecular formula is C13H11IN2O. The van der Waals surface area contributed by atoms with Crippen LogP contribution in [0.25, 0.3) is 0 Å². The predicted molar refractivity (Wildman–Crippen MR) is 76.1 cm³/mol. The summed E-state index contributed by atoms with van der Waals surface area (Å²) >= 11 is 2.20. The summed E-state index contributed by atoms with van der Waals surface area (Å²) in [6.07, 6.45) is 0. The topological polar surface area (TPSA) is 42.0 Å². The zero-order chi connectivity index (χ0) is 12.3. The van der Waals surface area contributed by atoms with E-state index in [0.717, 1.165) is 9.26 Å². The summed E-state index contributed by atoms with van der Waals surface area (Å²) in [6, 6.07) is 12.9. The van der Waals surface area contributed by atoms with E-state index < -0.39 is 0 Å². The lowest BCUT2D eigenvalue weighted by Gasteiger charge is -2.05. The maximum Gasteiger partial charge on any atom is 0.256 e. The third kappa shape index (κ3) is 3.26. The normalized spacial score (nSPS) is 10.0. The number of nitrogens with zero attached hydrogens (tertiary/aromatic N) is 1. The Balaban J connectivity index is 2.14. The lowest BCUT2D eigenvalue weighted by molar-refractivity contribution is 0.102. The first-order valence-corrected chi connectivity index (χ1v) is 6.23. The molecule has 0 atom stereocenters. The van der Waals surface area contributed by atoms with Crippen LogP contribution in [0.2, 0.25) is 0 Å². The maximum absolute atomic E-state index is 11.9. The van der Waals surface area contributed by atoms with E-state index in [4.69, 9.17) is 0 Å². The van der Waals surface area contributed by atoms with Crippen LogP contribution in [0.5, 0.6) is 0 Å². The number of pyridine rings is 1. The lowest BCUT2D eigenvalue weighted by Crippen LogP contribution is -2.12. The van der Waals surface area contributed by atoms with Crippen LogP contribution >= 0.6 is 22.6 Å². The molecule has 1 heterocycles. The van der Waals surface area contributed by atoms with Gasteiger partial charge in [-0.1, -0.05) is 6.07 Å². The number of carbonyl (C=O) groups excluding carboxylic acids is 1. The fraction of sp³-hybridized carbons (Fsp3) is 0.0769. The van der Waals surface area contributed by atoms with Gasteiger partial charge in [-0.3, -0.25) is 4.79 Å². The molecule has 3 nitrogen and oxygen atoms in total.